The summed E-state index contributed by atoms with van der Waals surface area (Å²) in [4.78, 5) is 6.81. The first-order chi connectivity index (χ1) is 6.58. The lowest BCUT2D eigenvalue weighted by Gasteiger charge is -2.05. The third kappa shape index (κ3) is 3.59. The number of rotatable bonds is 4. The fourth-order valence-corrected chi connectivity index (χ4v) is 0.932. The molecule has 0 unspecified atom stereocenters. The van der Waals surface area contributed by atoms with Crippen LogP contribution in [-0.2, 0) is 0 Å². The van der Waals surface area contributed by atoms with Gasteiger partial charge in [-0.15, -0.1) is 0 Å². The van der Waals surface area contributed by atoms with Gasteiger partial charge in [0.15, 0.2) is 0 Å². The van der Waals surface area contributed by atoms with E-state index in [1.165, 1.54) is 6.07 Å². The summed E-state index contributed by atoms with van der Waals surface area (Å²) in [6.07, 6.45) is -3.51. The summed E-state index contributed by atoms with van der Waals surface area (Å²) in [5.74, 6) is 0.232. The molecule has 3 nitrogen and oxygen atoms in total. The third-order valence-corrected chi connectivity index (χ3v) is 1.50. The van der Waals surface area contributed by atoms with Crippen molar-refractivity contribution in [3.05, 3.63) is 17.8 Å². The summed E-state index contributed by atoms with van der Waals surface area (Å²) in [6.45, 7) is 1.66. The Hall–Kier alpha value is -1.33. The molecule has 0 fully saturated rings. The fourth-order valence-electron chi connectivity index (χ4n) is 0.932. The molecular weight excluding hydrogens is 195 g/mol. The quantitative estimate of drug-likeness (QED) is 0.764. The minimum atomic E-state index is -2.37. The first kappa shape index (κ1) is 10.7. The van der Waals surface area contributed by atoms with Gasteiger partial charge in [0.1, 0.15) is 5.82 Å². The van der Waals surface area contributed by atoms with E-state index in [0.717, 1.165) is 0 Å². The van der Waals surface area contributed by atoms with Crippen molar-refractivity contribution in [1.82, 2.24) is 9.97 Å². The van der Waals surface area contributed by atoms with Crippen LogP contribution in [0, 0.1) is 13.0 Å². The molecule has 1 heterocycles. The topological polar surface area (TPSA) is 37.8 Å². The zero-order chi connectivity index (χ0) is 10.6. The second-order valence-electron chi connectivity index (χ2n) is 2.77. The molecule has 14 heavy (non-hydrogen) atoms. The van der Waals surface area contributed by atoms with Crippen LogP contribution in [-0.4, -0.2) is 22.9 Å². The maximum Gasteiger partial charge on any atom is 0.310 e. The highest BCUT2D eigenvalue weighted by molar-refractivity contribution is 5.34. The average molecular weight is 205 g/mol. The number of aromatic nitrogens is 2. The second kappa shape index (κ2) is 4.78. The Morgan fingerprint density at radius 1 is 1.43 bits per heavy atom. The largest absolute Gasteiger partial charge is 0.370 e. The van der Waals surface area contributed by atoms with Crippen molar-refractivity contribution in [2.24, 2.45) is 0 Å². The van der Waals surface area contributed by atoms with Crippen LogP contribution in [0.1, 0.15) is 12.1 Å². The summed E-state index contributed by atoms with van der Waals surface area (Å²) < 4.78 is 36.1. The number of hydrogen-bond acceptors (Lipinski definition) is 3. The maximum absolute atomic E-state index is 12.6. The lowest BCUT2D eigenvalue weighted by molar-refractivity contribution is 0.142. The number of nitrogens with zero attached hydrogens (tertiary/aromatic N) is 2. The van der Waals surface area contributed by atoms with Gasteiger partial charge in [-0.1, -0.05) is 0 Å². The zero-order valence-corrected chi connectivity index (χ0v) is 7.60. The molecule has 1 aromatic heterocycles. The van der Waals surface area contributed by atoms with E-state index in [1.807, 2.05) is 0 Å². The summed E-state index contributed by atoms with van der Waals surface area (Å²) in [6, 6.07) is 1.49. The van der Waals surface area contributed by atoms with Crippen molar-refractivity contribution < 1.29 is 13.2 Å². The number of halogens is 3. The van der Waals surface area contributed by atoms with Crippen molar-refractivity contribution in [2.75, 3.05) is 11.9 Å². The first-order valence-corrected chi connectivity index (χ1v) is 4.11. The molecule has 0 aliphatic rings. The van der Waals surface area contributed by atoms with Gasteiger partial charge in [-0.3, -0.25) is 0 Å². The highest BCUT2D eigenvalue weighted by atomic mass is 19.3. The van der Waals surface area contributed by atoms with Crippen LogP contribution in [0.3, 0.4) is 0 Å². The van der Waals surface area contributed by atoms with E-state index in [9.17, 15) is 13.2 Å². The Kier molecular flexibility index (Phi) is 3.67. The molecule has 0 aromatic carbocycles. The molecule has 0 saturated heterocycles. The number of nitrogens with one attached hydrogen (secondary N) is 1. The van der Waals surface area contributed by atoms with Gasteiger partial charge in [-0.25, -0.2) is 13.8 Å². The molecule has 1 aromatic rings. The van der Waals surface area contributed by atoms with E-state index in [1.54, 1.807) is 6.92 Å². The predicted octanol–water partition coefficient (Wildman–Crippen LogP) is 1.99. The highest BCUT2D eigenvalue weighted by Crippen LogP contribution is 2.06. The van der Waals surface area contributed by atoms with Crippen molar-refractivity contribution in [1.29, 1.82) is 0 Å². The summed E-state index contributed by atoms with van der Waals surface area (Å²) in [7, 11) is 0. The van der Waals surface area contributed by atoms with Crippen molar-refractivity contribution in [2.45, 2.75) is 19.8 Å². The van der Waals surface area contributed by atoms with Crippen LogP contribution < -0.4 is 5.32 Å². The van der Waals surface area contributed by atoms with Crippen molar-refractivity contribution >= 4 is 5.82 Å². The number of anilines is 1. The lowest BCUT2D eigenvalue weighted by atomic mass is 10.4. The Balaban J connectivity index is 2.50. The van der Waals surface area contributed by atoms with E-state index in [2.05, 4.69) is 15.3 Å². The maximum atomic E-state index is 12.6. The second-order valence-corrected chi connectivity index (χ2v) is 2.77. The molecule has 0 spiro atoms. The average Bonchev–Trinajstić information content (AvgIpc) is 2.01. The number of hydrogen-bond donors (Lipinski definition) is 1. The molecule has 0 atom stereocenters. The fraction of sp³-hybridized carbons (Fsp3) is 0.500. The standard InChI is InChI=1S/C8H10F3N3/c1-5-4-7(14-8(11)13-5)12-3-2-6(9)10/h4,6H,2-3H2,1H3,(H,12,13,14). The first-order valence-electron chi connectivity index (χ1n) is 4.11. The third-order valence-electron chi connectivity index (χ3n) is 1.50. The van der Waals surface area contributed by atoms with E-state index in [4.69, 9.17) is 0 Å². The molecule has 0 saturated carbocycles. The summed E-state index contributed by atoms with van der Waals surface area (Å²) in [5, 5.41) is 2.59. The molecule has 0 radical (unpaired) electrons. The van der Waals surface area contributed by atoms with Crippen LogP contribution in [0.5, 0.6) is 0 Å². The van der Waals surface area contributed by atoms with Gasteiger partial charge in [0.25, 0.3) is 0 Å². The molecule has 0 bridgehead atoms. The molecule has 0 amide bonds. The van der Waals surface area contributed by atoms with Gasteiger partial charge in [-0.05, 0) is 6.92 Å². The zero-order valence-electron chi connectivity index (χ0n) is 7.60. The van der Waals surface area contributed by atoms with Crippen LogP contribution in [0.4, 0.5) is 19.0 Å². The molecule has 1 N–H and O–H groups in total. The van der Waals surface area contributed by atoms with Gasteiger partial charge in [0.05, 0.1) is 0 Å². The summed E-state index contributed by atoms with van der Waals surface area (Å²) >= 11 is 0. The Bertz CT molecular complexity index is 284. The van der Waals surface area contributed by atoms with Crippen LogP contribution in [0.15, 0.2) is 6.07 Å². The molecule has 1 rings (SSSR count). The van der Waals surface area contributed by atoms with Gasteiger partial charge in [0.2, 0.25) is 6.43 Å². The van der Waals surface area contributed by atoms with Gasteiger partial charge in [0, 0.05) is 24.7 Å². The highest BCUT2D eigenvalue weighted by Gasteiger charge is 2.03. The predicted molar refractivity (Wildman–Crippen MR) is 45.8 cm³/mol. The molecule has 0 aliphatic heterocycles. The smallest absolute Gasteiger partial charge is 0.310 e. The monoisotopic (exact) mass is 205 g/mol. The number of aryl methyl sites for hydroxylation is 1. The SMILES string of the molecule is Cc1cc(NCCC(F)F)nc(F)n1. The van der Waals surface area contributed by atoms with E-state index >= 15 is 0 Å². The van der Waals surface area contributed by atoms with E-state index in [0.29, 0.717) is 5.69 Å². The Labute approximate surface area is 79.4 Å². The van der Waals surface area contributed by atoms with Crippen LogP contribution >= 0.6 is 0 Å². The van der Waals surface area contributed by atoms with E-state index < -0.39 is 12.5 Å². The van der Waals surface area contributed by atoms with Gasteiger partial charge >= 0.3 is 6.08 Å². The Morgan fingerprint density at radius 3 is 2.71 bits per heavy atom. The molecular formula is C8H10F3N3. The van der Waals surface area contributed by atoms with E-state index in [-0.39, 0.29) is 18.8 Å². The van der Waals surface area contributed by atoms with Crippen LogP contribution in [0.25, 0.3) is 0 Å². The molecule has 6 heteroatoms. The van der Waals surface area contributed by atoms with Crippen LogP contribution in [0.2, 0.25) is 0 Å². The van der Waals surface area contributed by atoms with Gasteiger partial charge < -0.3 is 5.32 Å². The normalized spacial score (nSPS) is 10.6. The minimum Gasteiger partial charge on any atom is -0.370 e. The molecule has 78 valence electrons. The van der Waals surface area contributed by atoms with Crippen molar-refractivity contribution in [3.8, 4) is 0 Å². The van der Waals surface area contributed by atoms with Crippen molar-refractivity contribution in [3.63, 3.8) is 0 Å². The number of alkyl halides is 2. The minimum absolute atomic E-state index is 0.0631. The molecule has 0 aliphatic carbocycles. The lowest BCUT2D eigenvalue weighted by Crippen LogP contribution is -2.08. The Morgan fingerprint density at radius 2 is 2.14 bits per heavy atom. The van der Waals surface area contributed by atoms with Gasteiger partial charge in [-0.2, -0.15) is 9.37 Å². The summed E-state index contributed by atoms with van der Waals surface area (Å²) in [5.41, 5.74) is 0.456.